The molecular weight excluding hydrogens is 824 g/mol. The van der Waals surface area contributed by atoms with Crippen LogP contribution in [-0.2, 0) is 0 Å². The van der Waals surface area contributed by atoms with Gasteiger partial charge in [-0.1, -0.05) is 191 Å². The van der Waals surface area contributed by atoms with Gasteiger partial charge in [-0.2, -0.15) is 0 Å². The molecule has 2 nitrogen and oxygen atoms in total. The molecule has 0 radical (unpaired) electrons. The summed E-state index contributed by atoms with van der Waals surface area (Å²) in [6.07, 6.45) is 0. The summed E-state index contributed by atoms with van der Waals surface area (Å²) < 4.78 is 5.05. The van der Waals surface area contributed by atoms with Gasteiger partial charge in [-0.25, -0.2) is 0 Å². The molecule has 12 aromatic rings. The molecule has 0 bridgehead atoms. The number of benzene rings is 10. The maximum absolute atomic E-state index is 2.58. The topological polar surface area (TPSA) is 9.86 Å². The Morgan fingerprint density at radius 2 is 0.739 bits per heavy atom. The molecule has 318 valence electrons. The number of aromatic nitrogens is 2. The van der Waals surface area contributed by atoms with Crippen LogP contribution < -0.4 is 38.2 Å². The minimum absolute atomic E-state index is 1.15. The van der Waals surface area contributed by atoms with Gasteiger partial charge in [-0.3, -0.25) is 0 Å². The molecular formula is C60H47B7N2. The second-order valence-electron chi connectivity index (χ2n) is 19.1. The third-order valence-electron chi connectivity index (χ3n) is 15.5. The molecule has 0 amide bonds. The van der Waals surface area contributed by atoms with Crippen molar-refractivity contribution in [3.8, 4) is 67.0 Å². The van der Waals surface area contributed by atoms with E-state index in [-0.39, 0.29) is 0 Å². The Hall–Kier alpha value is -7.75. The van der Waals surface area contributed by atoms with Gasteiger partial charge in [-0.15, -0.1) is 5.46 Å². The second-order valence-corrected chi connectivity index (χ2v) is 19.1. The van der Waals surface area contributed by atoms with Gasteiger partial charge in [0.05, 0.1) is 11.0 Å². The molecule has 0 spiro atoms. The van der Waals surface area contributed by atoms with Crippen LogP contribution in [0.25, 0.3) is 111 Å². The van der Waals surface area contributed by atoms with Gasteiger partial charge in [0.25, 0.3) is 0 Å². The fourth-order valence-corrected chi connectivity index (χ4v) is 11.5. The Kier molecular flexibility index (Phi) is 10.4. The largest absolute Gasteiger partial charge is 0.310 e. The van der Waals surface area contributed by atoms with Crippen molar-refractivity contribution >= 4 is 137 Å². The summed E-state index contributed by atoms with van der Waals surface area (Å²) in [7, 11) is 16.3. The van der Waals surface area contributed by atoms with E-state index in [0.717, 1.165) is 5.69 Å². The Bertz CT molecular complexity index is 3990. The Balaban J connectivity index is 1.07. The van der Waals surface area contributed by atoms with Crippen LogP contribution in [0, 0.1) is 0 Å². The fourth-order valence-electron chi connectivity index (χ4n) is 11.5. The van der Waals surface area contributed by atoms with Crippen LogP contribution in [-0.4, -0.2) is 64.1 Å². The van der Waals surface area contributed by atoms with E-state index in [4.69, 9.17) is 0 Å². The lowest BCUT2D eigenvalue weighted by molar-refractivity contribution is 1.18. The first-order valence-corrected chi connectivity index (χ1v) is 24.3. The zero-order valence-corrected chi connectivity index (χ0v) is 40.4. The molecule has 0 atom stereocenters. The zero-order valence-electron chi connectivity index (χ0n) is 40.4. The third-order valence-corrected chi connectivity index (χ3v) is 15.5. The monoisotopic (exact) mass is 872 g/mol. The average Bonchev–Trinajstić information content (AvgIpc) is 3.94. The van der Waals surface area contributed by atoms with Crippen molar-refractivity contribution in [2.45, 2.75) is 0 Å². The van der Waals surface area contributed by atoms with Crippen LogP contribution in [0.3, 0.4) is 0 Å². The number of rotatable bonds is 7. The van der Waals surface area contributed by atoms with E-state index in [9.17, 15) is 0 Å². The average molecular weight is 872 g/mol. The van der Waals surface area contributed by atoms with Gasteiger partial charge in [0, 0.05) is 38.6 Å². The van der Waals surface area contributed by atoms with Crippen LogP contribution in [0.1, 0.15) is 0 Å². The number of hydrogen-bond acceptors (Lipinski definition) is 0. The van der Waals surface area contributed by atoms with Crippen molar-refractivity contribution in [2.24, 2.45) is 0 Å². The summed E-state index contributed by atoms with van der Waals surface area (Å²) >= 11 is 0. The Morgan fingerprint density at radius 3 is 1.36 bits per heavy atom. The SMILES string of the molecule is Bc1c(B)c(B)c2c(c1B)c1c(B)c(-c3ccc4c(c3)c3c(-c5ccccc5)cccc3n4-c3cccc(-c4ccccc4)c3)c(B)c(B)c1n2-c1ccc(-c2ccc(-c3ccccc3)cc2)cc1. The summed E-state index contributed by atoms with van der Waals surface area (Å²) in [6, 6.07) is 73.4. The van der Waals surface area contributed by atoms with Crippen molar-refractivity contribution in [3.63, 3.8) is 0 Å². The molecule has 0 saturated carbocycles. The molecule has 0 saturated heterocycles. The molecule has 12 rings (SSSR count). The second kappa shape index (κ2) is 16.8. The lowest BCUT2D eigenvalue weighted by Crippen LogP contribution is -2.48. The van der Waals surface area contributed by atoms with E-state index in [0.29, 0.717) is 0 Å². The van der Waals surface area contributed by atoms with E-state index in [1.165, 1.54) is 143 Å². The summed E-state index contributed by atoms with van der Waals surface area (Å²) in [6.45, 7) is 0. The lowest BCUT2D eigenvalue weighted by atomic mass is 9.64. The standard InChI is InChI=1S/C60H47B7N2/c61-52-48(41-28-31-46-45(33-41)49-44(39-16-8-3-9-17-39)20-11-21-47(49)68(46)43-19-10-18-40(32-43)35-14-6-2-7-15-35)53(62)57(66)59-50(52)51-54(63)55(64)56(65)58(67)60(51)69(59)42-29-26-38(27-30-42)37-24-22-36(23-25-37)34-12-4-1-5-13-34/h1-33H,61-67H2. The predicted octanol–water partition coefficient (Wildman–Crippen LogP) is 4.02. The van der Waals surface area contributed by atoms with E-state index in [2.05, 4.69) is 264 Å². The summed E-state index contributed by atoms with van der Waals surface area (Å²) in [5.74, 6) is 0. The van der Waals surface area contributed by atoms with Gasteiger partial charge in [-0.05, 0) is 103 Å². The van der Waals surface area contributed by atoms with Crippen LogP contribution in [0.15, 0.2) is 200 Å². The van der Waals surface area contributed by atoms with Crippen LogP contribution in [0.4, 0.5) is 0 Å². The van der Waals surface area contributed by atoms with Crippen molar-refractivity contribution in [2.75, 3.05) is 0 Å². The minimum Gasteiger partial charge on any atom is -0.310 e. The van der Waals surface area contributed by atoms with E-state index in [1.807, 2.05) is 0 Å². The molecule has 0 fully saturated rings. The predicted molar refractivity (Wildman–Crippen MR) is 320 cm³/mol. The molecule has 2 heterocycles. The molecule has 0 aliphatic rings. The van der Waals surface area contributed by atoms with Crippen LogP contribution in [0.2, 0.25) is 0 Å². The fraction of sp³-hybridized carbons (Fsp3) is 0. The van der Waals surface area contributed by atoms with E-state index >= 15 is 0 Å². The number of nitrogens with zero attached hydrogens (tertiary/aromatic N) is 2. The highest BCUT2D eigenvalue weighted by Crippen LogP contribution is 2.41. The van der Waals surface area contributed by atoms with E-state index < -0.39 is 0 Å². The highest BCUT2D eigenvalue weighted by atomic mass is 15.0. The zero-order chi connectivity index (χ0) is 47.1. The van der Waals surface area contributed by atoms with Crippen LogP contribution >= 0.6 is 0 Å². The van der Waals surface area contributed by atoms with Crippen molar-refractivity contribution in [3.05, 3.63) is 200 Å². The molecule has 0 aliphatic heterocycles. The van der Waals surface area contributed by atoms with Gasteiger partial charge in [0.15, 0.2) is 0 Å². The van der Waals surface area contributed by atoms with Crippen molar-refractivity contribution in [1.29, 1.82) is 0 Å². The maximum atomic E-state index is 2.58. The molecule has 0 N–H and O–H groups in total. The van der Waals surface area contributed by atoms with Gasteiger partial charge in [0.2, 0.25) is 0 Å². The summed E-state index contributed by atoms with van der Waals surface area (Å²) in [5, 5.41) is 5.22. The first-order chi connectivity index (χ1) is 33.7. The smallest absolute Gasteiger partial charge is 0.141 e. The van der Waals surface area contributed by atoms with Gasteiger partial charge >= 0.3 is 0 Å². The van der Waals surface area contributed by atoms with E-state index in [1.54, 1.807) is 0 Å². The minimum atomic E-state index is 1.15. The molecule has 0 unspecified atom stereocenters. The summed E-state index contributed by atoms with van der Waals surface area (Å²) in [4.78, 5) is 0. The molecule has 9 heteroatoms. The quantitative estimate of drug-likeness (QED) is 0.215. The van der Waals surface area contributed by atoms with Gasteiger partial charge < -0.3 is 9.13 Å². The van der Waals surface area contributed by atoms with Gasteiger partial charge in [0.1, 0.15) is 54.9 Å². The highest BCUT2D eigenvalue weighted by Gasteiger charge is 2.26. The molecule has 10 aromatic carbocycles. The maximum Gasteiger partial charge on any atom is 0.141 e. The summed E-state index contributed by atoms with van der Waals surface area (Å²) in [5.41, 5.74) is 29.0. The Morgan fingerprint density at radius 1 is 0.261 bits per heavy atom. The van der Waals surface area contributed by atoms with Crippen molar-refractivity contribution in [1.82, 2.24) is 9.13 Å². The number of hydrogen-bond donors (Lipinski definition) is 0. The first kappa shape index (κ1) is 42.6. The van der Waals surface area contributed by atoms with Crippen molar-refractivity contribution < 1.29 is 0 Å². The highest BCUT2D eigenvalue weighted by molar-refractivity contribution is 6.69. The third kappa shape index (κ3) is 6.81. The number of fused-ring (bicyclic) bond motifs is 6. The molecule has 0 aliphatic carbocycles. The first-order valence-electron chi connectivity index (χ1n) is 24.3. The van der Waals surface area contributed by atoms with Crippen LogP contribution in [0.5, 0.6) is 0 Å². The Labute approximate surface area is 410 Å². The lowest BCUT2D eigenvalue weighted by Gasteiger charge is -2.19. The molecule has 2 aromatic heterocycles. The normalized spacial score (nSPS) is 11.6. The molecule has 69 heavy (non-hydrogen) atoms.